The lowest BCUT2D eigenvalue weighted by Crippen LogP contribution is -2.35. The van der Waals surface area contributed by atoms with E-state index in [1.54, 1.807) is 0 Å². The highest BCUT2D eigenvalue weighted by molar-refractivity contribution is 7.85. The van der Waals surface area contributed by atoms with Crippen LogP contribution in [0.5, 0.6) is 0 Å². The molecule has 0 aliphatic heterocycles. The molecule has 1 saturated carbocycles. The van der Waals surface area contributed by atoms with E-state index in [1.165, 1.54) is 18.4 Å². The van der Waals surface area contributed by atoms with Gasteiger partial charge < -0.3 is 0 Å². The van der Waals surface area contributed by atoms with Crippen molar-refractivity contribution in [1.82, 2.24) is 0 Å². The molecule has 1 aromatic rings. The monoisotopic (exact) mass is 278 g/mol. The highest BCUT2D eigenvalue weighted by Crippen LogP contribution is 2.37. The van der Waals surface area contributed by atoms with Gasteiger partial charge in [-0.05, 0) is 49.7 Å². The Balaban J connectivity index is 2.21. The van der Waals surface area contributed by atoms with E-state index in [0.29, 0.717) is 17.1 Å². The Morgan fingerprint density at radius 1 is 1.16 bits per heavy atom. The van der Waals surface area contributed by atoms with Crippen molar-refractivity contribution >= 4 is 10.8 Å². The van der Waals surface area contributed by atoms with Gasteiger partial charge in [-0.3, -0.25) is 4.21 Å². The number of hydrogen-bond donors (Lipinski definition) is 0. The third-order valence-corrected chi connectivity index (χ3v) is 6.32. The fourth-order valence-electron chi connectivity index (χ4n) is 3.21. The summed E-state index contributed by atoms with van der Waals surface area (Å²) in [6.07, 6.45) is 3.65. The topological polar surface area (TPSA) is 17.1 Å². The second kappa shape index (κ2) is 6.21. The minimum atomic E-state index is -0.849. The van der Waals surface area contributed by atoms with Crippen LogP contribution in [0, 0.1) is 24.7 Å². The third-order valence-electron chi connectivity index (χ3n) is 4.49. The van der Waals surface area contributed by atoms with Gasteiger partial charge in [-0.2, -0.15) is 0 Å². The maximum atomic E-state index is 12.9. The van der Waals surface area contributed by atoms with Crippen LogP contribution in [0.4, 0.5) is 0 Å². The van der Waals surface area contributed by atoms with E-state index < -0.39 is 10.8 Å². The molecule has 4 atom stereocenters. The van der Waals surface area contributed by atoms with Gasteiger partial charge in [0.05, 0.1) is 10.8 Å². The molecule has 0 radical (unpaired) electrons. The van der Waals surface area contributed by atoms with E-state index in [-0.39, 0.29) is 0 Å². The number of aryl methyl sites for hydroxylation is 1. The molecule has 0 amide bonds. The predicted octanol–water partition coefficient (Wildman–Crippen LogP) is 4.56. The van der Waals surface area contributed by atoms with Crippen LogP contribution in [-0.4, -0.2) is 9.46 Å². The van der Waals surface area contributed by atoms with Crippen molar-refractivity contribution in [3.8, 4) is 0 Å². The summed E-state index contributed by atoms with van der Waals surface area (Å²) in [5, 5.41) is 0.339. The quantitative estimate of drug-likeness (QED) is 0.792. The van der Waals surface area contributed by atoms with Gasteiger partial charge in [0.25, 0.3) is 0 Å². The highest BCUT2D eigenvalue weighted by Gasteiger charge is 2.34. The van der Waals surface area contributed by atoms with E-state index in [1.807, 2.05) is 12.1 Å². The van der Waals surface area contributed by atoms with Crippen molar-refractivity contribution in [3.63, 3.8) is 0 Å². The molecule has 0 unspecified atom stereocenters. The lowest BCUT2D eigenvalue weighted by atomic mass is 9.77. The number of benzene rings is 1. The summed E-state index contributed by atoms with van der Waals surface area (Å²) in [6.45, 7) is 8.93. The molecule has 2 rings (SSSR count). The molecule has 0 bridgehead atoms. The lowest BCUT2D eigenvalue weighted by molar-refractivity contribution is 0.241. The molecular formula is C17H26OS. The standard InChI is InChI=1S/C17H26OS/c1-12(2)16-10-7-14(4)11-17(16)19(18)15-8-5-13(3)6-9-15/h5-6,8-9,12,14,16-17H,7,10-11H2,1-4H3/t14-,16+,17-,19-/m1/s1. The van der Waals surface area contributed by atoms with Crippen molar-refractivity contribution < 1.29 is 4.21 Å². The summed E-state index contributed by atoms with van der Waals surface area (Å²) in [5.41, 5.74) is 1.23. The molecule has 0 spiro atoms. The van der Waals surface area contributed by atoms with Crippen LogP contribution in [0.2, 0.25) is 0 Å². The molecule has 2 heteroatoms. The molecule has 1 aromatic carbocycles. The largest absolute Gasteiger partial charge is 0.254 e. The predicted molar refractivity (Wildman–Crippen MR) is 82.7 cm³/mol. The van der Waals surface area contributed by atoms with Gasteiger partial charge in [-0.1, -0.05) is 44.9 Å². The minimum absolute atomic E-state index is 0.339. The van der Waals surface area contributed by atoms with Gasteiger partial charge in [0.2, 0.25) is 0 Å². The zero-order valence-electron chi connectivity index (χ0n) is 12.6. The van der Waals surface area contributed by atoms with Gasteiger partial charge >= 0.3 is 0 Å². The Kier molecular flexibility index (Phi) is 4.83. The van der Waals surface area contributed by atoms with E-state index >= 15 is 0 Å². The highest BCUT2D eigenvalue weighted by atomic mass is 32.2. The Morgan fingerprint density at radius 3 is 2.37 bits per heavy atom. The van der Waals surface area contributed by atoms with Crippen LogP contribution in [-0.2, 0) is 10.8 Å². The molecule has 1 aliphatic rings. The van der Waals surface area contributed by atoms with Crippen LogP contribution in [0.3, 0.4) is 0 Å². The Labute approximate surface area is 120 Å². The summed E-state index contributed by atoms with van der Waals surface area (Å²) >= 11 is 0. The normalized spacial score (nSPS) is 29.4. The first-order chi connectivity index (χ1) is 8.99. The van der Waals surface area contributed by atoms with Crippen LogP contribution in [0.25, 0.3) is 0 Å². The van der Waals surface area contributed by atoms with Gasteiger partial charge in [0, 0.05) is 10.1 Å². The molecule has 1 nitrogen and oxygen atoms in total. The molecule has 1 aliphatic carbocycles. The zero-order valence-corrected chi connectivity index (χ0v) is 13.4. The second-order valence-corrected chi connectivity index (χ2v) is 8.15. The summed E-state index contributed by atoms with van der Waals surface area (Å²) < 4.78 is 12.9. The van der Waals surface area contributed by atoms with Gasteiger partial charge in [-0.25, -0.2) is 0 Å². The fraction of sp³-hybridized carbons (Fsp3) is 0.647. The van der Waals surface area contributed by atoms with E-state index in [9.17, 15) is 4.21 Å². The smallest absolute Gasteiger partial charge is 0.0563 e. The average molecular weight is 278 g/mol. The molecule has 106 valence electrons. The zero-order chi connectivity index (χ0) is 14.0. The first-order valence-corrected chi connectivity index (χ1v) is 8.67. The molecule has 1 fully saturated rings. The van der Waals surface area contributed by atoms with Crippen molar-refractivity contribution in [1.29, 1.82) is 0 Å². The summed E-state index contributed by atoms with van der Waals surface area (Å²) in [4.78, 5) is 1.01. The van der Waals surface area contributed by atoms with Crippen LogP contribution in [0.15, 0.2) is 29.2 Å². The summed E-state index contributed by atoms with van der Waals surface area (Å²) in [6, 6.07) is 8.23. The lowest BCUT2D eigenvalue weighted by Gasteiger charge is -2.36. The van der Waals surface area contributed by atoms with Crippen LogP contribution in [0.1, 0.15) is 45.6 Å². The fourth-order valence-corrected chi connectivity index (χ4v) is 5.23. The van der Waals surface area contributed by atoms with E-state index in [4.69, 9.17) is 0 Å². The van der Waals surface area contributed by atoms with Gasteiger partial charge in [0.1, 0.15) is 0 Å². The molecular weight excluding hydrogens is 252 g/mol. The molecule has 0 saturated heterocycles. The maximum Gasteiger partial charge on any atom is 0.0563 e. The molecule has 0 heterocycles. The average Bonchev–Trinajstić information content (AvgIpc) is 2.38. The van der Waals surface area contributed by atoms with Crippen molar-refractivity contribution in [2.75, 3.05) is 0 Å². The maximum absolute atomic E-state index is 12.9. The van der Waals surface area contributed by atoms with Gasteiger partial charge in [-0.15, -0.1) is 0 Å². The number of hydrogen-bond acceptors (Lipinski definition) is 1. The van der Waals surface area contributed by atoms with E-state index in [0.717, 1.165) is 17.2 Å². The first-order valence-electron chi connectivity index (χ1n) is 7.46. The van der Waals surface area contributed by atoms with Crippen LogP contribution >= 0.6 is 0 Å². The summed E-state index contributed by atoms with van der Waals surface area (Å²) in [7, 11) is -0.849. The first kappa shape index (κ1) is 14.8. The Hall–Kier alpha value is -0.630. The Morgan fingerprint density at radius 2 is 1.79 bits per heavy atom. The van der Waals surface area contributed by atoms with Crippen LogP contribution < -0.4 is 0 Å². The van der Waals surface area contributed by atoms with Crippen molar-refractivity contribution in [2.24, 2.45) is 17.8 Å². The van der Waals surface area contributed by atoms with Gasteiger partial charge in [0.15, 0.2) is 0 Å². The third kappa shape index (κ3) is 3.47. The molecule has 0 N–H and O–H groups in total. The minimum Gasteiger partial charge on any atom is -0.254 e. The molecule has 0 aromatic heterocycles. The second-order valence-electron chi connectivity index (χ2n) is 6.48. The molecule has 19 heavy (non-hydrogen) atoms. The Bertz CT molecular complexity index is 435. The summed E-state index contributed by atoms with van der Waals surface area (Å²) in [5.74, 6) is 1.96. The number of rotatable bonds is 3. The SMILES string of the molecule is Cc1ccc([S@@](=O)[C@@H]2C[C@H](C)CC[C@H]2C(C)C)cc1. The van der Waals surface area contributed by atoms with Crippen molar-refractivity contribution in [3.05, 3.63) is 29.8 Å². The van der Waals surface area contributed by atoms with E-state index in [2.05, 4.69) is 39.8 Å². The van der Waals surface area contributed by atoms with Crippen molar-refractivity contribution in [2.45, 2.75) is 57.1 Å².